The first kappa shape index (κ1) is 9.28. The van der Waals surface area contributed by atoms with Crippen molar-refractivity contribution in [1.29, 1.82) is 0 Å². The number of nitrogens with zero attached hydrogens (tertiary/aromatic N) is 1. The molecule has 0 unspecified atom stereocenters. The first-order valence-electron chi connectivity index (χ1n) is 4.29. The fourth-order valence-electron chi connectivity index (χ4n) is 1.42. The summed E-state index contributed by atoms with van der Waals surface area (Å²) in [5.41, 5.74) is 2.05. The van der Waals surface area contributed by atoms with Crippen LogP contribution in [0.15, 0.2) is 18.3 Å². The van der Waals surface area contributed by atoms with Gasteiger partial charge in [0.25, 0.3) is 0 Å². The van der Waals surface area contributed by atoms with Gasteiger partial charge in [-0.15, -0.1) is 6.42 Å². The summed E-state index contributed by atoms with van der Waals surface area (Å²) in [5.74, 6) is 1.95. The number of aromatic amines is 1. The van der Waals surface area contributed by atoms with Gasteiger partial charge in [-0.1, -0.05) is 5.92 Å². The molecule has 0 aliphatic rings. The Bertz CT molecular complexity index is 563. The summed E-state index contributed by atoms with van der Waals surface area (Å²) in [6, 6.07) is 3.57. The lowest BCUT2D eigenvalue weighted by molar-refractivity contribution is 0.0595. The lowest BCUT2D eigenvalue weighted by atomic mass is 10.2. The largest absolute Gasteiger partial charge is 0.464 e. The Kier molecular flexibility index (Phi) is 2.14. The molecular weight excluding hydrogens is 192 g/mol. The number of carbonyl (C=O) groups excluding carboxylic acids is 1. The van der Waals surface area contributed by atoms with Gasteiger partial charge in [0.2, 0.25) is 0 Å². The molecule has 2 heterocycles. The smallest absolute Gasteiger partial charge is 0.355 e. The van der Waals surface area contributed by atoms with Crippen LogP contribution in [0.5, 0.6) is 0 Å². The maximum Gasteiger partial charge on any atom is 0.355 e. The van der Waals surface area contributed by atoms with E-state index < -0.39 is 5.97 Å². The summed E-state index contributed by atoms with van der Waals surface area (Å²) in [7, 11) is 1.31. The lowest BCUT2D eigenvalue weighted by Gasteiger charge is -1.94. The molecule has 0 bridgehead atoms. The van der Waals surface area contributed by atoms with Crippen molar-refractivity contribution in [2.24, 2.45) is 0 Å². The number of carbonyl (C=O) groups is 1. The number of pyridine rings is 1. The molecule has 74 valence electrons. The molecule has 0 aromatic carbocycles. The van der Waals surface area contributed by atoms with Crippen LogP contribution in [-0.2, 0) is 4.74 Å². The molecule has 2 rings (SSSR count). The molecule has 0 aliphatic heterocycles. The minimum absolute atomic E-state index is 0.272. The second-order valence-electron chi connectivity index (χ2n) is 2.91. The predicted octanol–water partition coefficient (Wildman–Crippen LogP) is 1.33. The number of terminal acetylenes is 1. The van der Waals surface area contributed by atoms with Crippen molar-refractivity contribution in [1.82, 2.24) is 9.97 Å². The van der Waals surface area contributed by atoms with Gasteiger partial charge in [-0.3, -0.25) is 4.98 Å². The molecule has 0 saturated heterocycles. The van der Waals surface area contributed by atoms with E-state index in [4.69, 9.17) is 6.42 Å². The summed E-state index contributed by atoms with van der Waals surface area (Å²) in [5, 5.41) is 0. The standard InChI is InChI=1S/C11H8N2O2/c1-3-7-9-8(5-4-6-12-9)13-10(7)11(14)15-2/h1,4-6,13H,2H3. The number of hydrogen-bond donors (Lipinski definition) is 1. The number of nitrogens with one attached hydrogen (secondary N) is 1. The summed E-state index contributed by atoms with van der Waals surface area (Å²) in [6.45, 7) is 0. The number of methoxy groups -OCH3 is 1. The van der Waals surface area contributed by atoms with E-state index >= 15 is 0 Å². The highest BCUT2D eigenvalue weighted by atomic mass is 16.5. The van der Waals surface area contributed by atoms with Gasteiger partial charge < -0.3 is 9.72 Å². The first-order valence-corrected chi connectivity index (χ1v) is 4.29. The van der Waals surface area contributed by atoms with E-state index in [0.29, 0.717) is 11.1 Å². The second-order valence-corrected chi connectivity index (χ2v) is 2.91. The van der Waals surface area contributed by atoms with Crippen LogP contribution < -0.4 is 0 Å². The fraction of sp³-hybridized carbons (Fsp3) is 0.0909. The molecule has 1 N–H and O–H groups in total. The topological polar surface area (TPSA) is 55.0 Å². The molecule has 4 heteroatoms. The van der Waals surface area contributed by atoms with Gasteiger partial charge in [0.1, 0.15) is 11.2 Å². The average Bonchev–Trinajstić information content (AvgIpc) is 2.66. The van der Waals surface area contributed by atoms with Gasteiger partial charge in [-0.25, -0.2) is 4.79 Å². The summed E-state index contributed by atoms with van der Waals surface area (Å²) < 4.78 is 4.61. The number of ether oxygens (including phenoxy) is 1. The van der Waals surface area contributed by atoms with Crippen molar-refractivity contribution in [2.75, 3.05) is 7.11 Å². The molecular formula is C11H8N2O2. The van der Waals surface area contributed by atoms with Crippen molar-refractivity contribution < 1.29 is 9.53 Å². The molecule has 0 spiro atoms. The van der Waals surface area contributed by atoms with E-state index in [1.54, 1.807) is 18.3 Å². The Morgan fingerprint density at radius 1 is 1.67 bits per heavy atom. The van der Waals surface area contributed by atoms with Crippen LogP contribution in [0.1, 0.15) is 16.1 Å². The van der Waals surface area contributed by atoms with Crippen LogP contribution in [0.25, 0.3) is 11.0 Å². The molecule has 15 heavy (non-hydrogen) atoms. The van der Waals surface area contributed by atoms with Crippen LogP contribution in [0, 0.1) is 12.3 Å². The number of H-pyrrole nitrogens is 1. The van der Waals surface area contributed by atoms with Crippen LogP contribution in [0.4, 0.5) is 0 Å². The second kappa shape index (κ2) is 3.46. The van der Waals surface area contributed by atoms with Crippen LogP contribution >= 0.6 is 0 Å². The Labute approximate surface area is 86.3 Å². The minimum Gasteiger partial charge on any atom is -0.464 e. The van der Waals surface area contributed by atoms with Crippen molar-refractivity contribution in [3.8, 4) is 12.3 Å². The number of hydrogen-bond acceptors (Lipinski definition) is 3. The predicted molar refractivity (Wildman–Crippen MR) is 55.4 cm³/mol. The maximum absolute atomic E-state index is 11.4. The maximum atomic E-state index is 11.4. The molecule has 4 nitrogen and oxygen atoms in total. The molecule has 2 aromatic heterocycles. The molecule has 0 atom stereocenters. The minimum atomic E-state index is -0.485. The number of rotatable bonds is 1. The summed E-state index contributed by atoms with van der Waals surface area (Å²) >= 11 is 0. The molecule has 0 saturated carbocycles. The third-order valence-electron chi connectivity index (χ3n) is 2.09. The molecule has 2 aromatic rings. The van der Waals surface area contributed by atoms with Gasteiger partial charge in [-0.2, -0.15) is 0 Å². The Hall–Kier alpha value is -2.28. The van der Waals surface area contributed by atoms with Crippen LogP contribution in [-0.4, -0.2) is 23.0 Å². The van der Waals surface area contributed by atoms with Gasteiger partial charge >= 0.3 is 5.97 Å². The highest BCUT2D eigenvalue weighted by molar-refractivity contribution is 5.98. The van der Waals surface area contributed by atoms with E-state index in [9.17, 15) is 4.79 Å². The van der Waals surface area contributed by atoms with Crippen molar-refractivity contribution in [3.05, 3.63) is 29.6 Å². The third kappa shape index (κ3) is 1.34. The van der Waals surface area contributed by atoms with E-state index in [1.165, 1.54) is 7.11 Å². The fourth-order valence-corrected chi connectivity index (χ4v) is 1.42. The first-order chi connectivity index (χ1) is 7.27. The van der Waals surface area contributed by atoms with Crippen molar-refractivity contribution >= 4 is 17.0 Å². The van der Waals surface area contributed by atoms with E-state index in [0.717, 1.165) is 5.52 Å². The number of esters is 1. The monoisotopic (exact) mass is 200 g/mol. The normalized spacial score (nSPS) is 9.87. The Morgan fingerprint density at radius 3 is 3.13 bits per heavy atom. The van der Waals surface area contributed by atoms with E-state index in [-0.39, 0.29) is 5.69 Å². The SMILES string of the molecule is C#Cc1c(C(=O)OC)[nH]c2cccnc12. The lowest BCUT2D eigenvalue weighted by Crippen LogP contribution is -2.03. The summed E-state index contributed by atoms with van der Waals surface area (Å²) in [6.07, 6.45) is 6.96. The van der Waals surface area contributed by atoms with Crippen molar-refractivity contribution in [2.45, 2.75) is 0 Å². The zero-order valence-electron chi connectivity index (χ0n) is 8.07. The third-order valence-corrected chi connectivity index (χ3v) is 2.09. The van der Waals surface area contributed by atoms with Gasteiger partial charge in [-0.05, 0) is 12.1 Å². The molecule has 0 aliphatic carbocycles. The van der Waals surface area contributed by atoms with Crippen LogP contribution in [0.2, 0.25) is 0 Å². The van der Waals surface area contributed by atoms with E-state index in [2.05, 4.69) is 20.6 Å². The van der Waals surface area contributed by atoms with Gasteiger partial charge in [0.05, 0.1) is 18.2 Å². The van der Waals surface area contributed by atoms with E-state index in [1.807, 2.05) is 0 Å². The number of aromatic nitrogens is 2. The Balaban J connectivity index is 2.76. The van der Waals surface area contributed by atoms with Gasteiger partial charge in [0.15, 0.2) is 0 Å². The number of fused-ring (bicyclic) bond motifs is 1. The average molecular weight is 200 g/mol. The van der Waals surface area contributed by atoms with Crippen LogP contribution in [0.3, 0.4) is 0 Å². The highest BCUT2D eigenvalue weighted by Gasteiger charge is 2.17. The quantitative estimate of drug-likeness (QED) is 0.558. The summed E-state index contributed by atoms with van der Waals surface area (Å²) in [4.78, 5) is 18.4. The molecule has 0 radical (unpaired) electrons. The highest BCUT2D eigenvalue weighted by Crippen LogP contribution is 2.19. The molecule has 0 amide bonds. The molecule has 0 fully saturated rings. The zero-order valence-corrected chi connectivity index (χ0v) is 8.07. The van der Waals surface area contributed by atoms with Crippen molar-refractivity contribution in [3.63, 3.8) is 0 Å². The van der Waals surface area contributed by atoms with Gasteiger partial charge in [0, 0.05) is 6.20 Å². The zero-order chi connectivity index (χ0) is 10.8. The Morgan fingerprint density at radius 2 is 2.47 bits per heavy atom.